The topological polar surface area (TPSA) is 9.23 Å². The first-order valence-electron chi connectivity index (χ1n) is 4.33. The fraction of sp³-hybridized carbons (Fsp3) is 0.400. The number of thioether (sulfide) groups is 1. The van der Waals surface area contributed by atoms with Gasteiger partial charge in [-0.2, -0.15) is 0 Å². The molecule has 1 heterocycles. The van der Waals surface area contributed by atoms with Gasteiger partial charge in [0.25, 0.3) is 0 Å². The monoisotopic (exact) mass is 216 g/mol. The van der Waals surface area contributed by atoms with Crippen molar-refractivity contribution in [2.45, 2.75) is 10.6 Å². The van der Waals surface area contributed by atoms with E-state index in [4.69, 9.17) is 4.74 Å². The van der Waals surface area contributed by atoms with Crippen LogP contribution in [0.2, 0.25) is 0 Å². The number of alkyl halides is 1. The summed E-state index contributed by atoms with van der Waals surface area (Å²) in [4.78, 5) is 0.758. The second-order valence-corrected chi connectivity index (χ2v) is 4.44. The first-order valence-corrected chi connectivity index (χ1v) is 5.32. The quantitative estimate of drug-likeness (QED) is 0.718. The summed E-state index contributed by atoms with van der Waals surface area (Å²) in [5.74, 6) is 0.0453. The first kappa shape index (κ1) is 9.93. The van der Waals surface area contributed by atoms with Gasteiger partial charge in [-0.1, -0.05) is 6.07 Å². The second-order valence-electron chi connectivity index (χ2n) is 3.39. The van der Waals surface area contributed by atoms with E-state index >= 15 is 0 Å². The van der Waals surface area contributed by atoms with Gasteiger partial charge in [0, 0.05) is 10.6 Å². The Labute approximate surface area is 85.5 Å². The number of hydrogen-bond donors (Lipinski definition) is 0. The molecule has 14 heavy (non-hydrogen) atoms. The number of halogens is 2. The highest BCUT2D eigenvalue weighted by Gasteiger charge is 2.38. The van der Waals surface area contributed by atoms with Gasteiger partial charge in [-0.25, -0.2) is 8.78 Å². The zero-order chi connectivity index (χ0) is 10.0. The lowest BCUT2D eigenvalue weighted by atomic mass is 10.1. The summed E-state index contributed by atoms with van der Waals surface area (Å²) in [6.07, 6.45) is 0. The Morgan fingerprint density at radius 3 is 2.79 bits per heavy atom. The van der Waals surface area contributed by atoms with Crippen molar-refractivity contribution in [3.63, 3.8) is 0 Å². The van der Waals surface area contributed by atoms with Crippen LogP contribution in [0.3, 0.4) is 0 Å². The van der Waals surface area contributed by atoms with Crippen LogP contribution in [0.4, 0.5) is 8.78 Å². The van der Waals surface area contributed by atoms with Gasteiger partial charge < -0.3 is 4.74 Å². The highest BCUT2D eigenvalue weighted by Crippen LogP contribution is 2.30. The van der Waals surface area contributed by atoms with Crippen LogP contribution in [0.1, 0.15) is 0 Å². The molecule has 0 radical (unpaired) electrons. The Morgan fingerprint density at radius 2 is 2.21 bits per heavy atom. The molecule has 1 saturated heterocycles. The molecule has 2 rings (SSSR count). The average molecular weight is 216 g/mol. The van der Waals surface area contributed by atoms with Crippen LogP contribution in [0.15, 0.2) is 29.2 Å². The molecular weight excluding hydrogens is 206 g/mol. The lowest BCUT2D eigenvalue weighted by molar-refractivity contribution is -0.114. The van der Waals surface area contributed by atoms with Gasteiger partial charge in [-0.3, -0.25) is 0 Å². The van der Waals surface area contributed by atoms with E-state index < -0.39 is 5.67 Å². The maximum Gasteiger partial charge on any atom is 0.166 e. The smallest absolute Gasteiger partial charge is 0.166 e. The lowest BCUT2D eigenvalue weighted by Gasteiger charge is -2.33. The molecule has 1 nitrogen and oxygen atoms in total. The average Bonchev–Trinajstić information content (AvgIpc) is 2.12. The number of ether oxygens (including phenoxy) is 1. The Bertz CT molecular complexity index is 326. The van der Waals surface area contributed by atoms with E-state index in [1.807, 2.05) is 0 Å². The van der Waals surface area contributed by atoms with Gasteiger partial charge in [0.1, 0.15) is 5.82 Å². The van der Waals surface area contributed by atoms with Crippen molar-refractivity contribution < 1.29 is 13.5 Å². The fourth-order valence-corrected chi connectivity index (χ4v) is 2.14. The van der Waals surface area contributed by atoms with Crippen LogP contribution in [-0.2, 0) is 4.74 Å². The summed E-state index contributed by atoms with van der Waals surface area (Å²) in [6, 6.07) is 6.19. The third kappa shape index (κ3) is 2.25. The van der Waals surface area contributed by atoms with Crippen LogP contribution in [-0.4, -0.2) is 24.6 Å². The molecule has 4 heteroatoms. The van der Waals surface area contributed by atoms with Crippen LogP contribution in [0.5, 0.6) is 0 Å². The summed E-state index contributed by atoms with van der Waals surface area (Å²) in [7, 11) is 0. The number of benzene rings is 1. The van der Waals surface area contributed by atoms with Crippen LogP contribution < -0.4 is 0 Å². The molecule has 0 amide bonds. The van der Waals surface area contributed by atoms with Crippen molar-refractivity contribution in [2.24, 2.45) is 0 Å². The van der Waals surface area contributed by atoms with E-state index in [-0.39, 0.29) is 19.0 Å². The molecule has 76 valence electrons. The van der Waals surface area contributed by atoms with Crippen molar-refractivity contribution in [1.29, 1.82) is 0 Å². The highest BCUT2D eigenvalue weighted by atomic mass is 32.2. The standard InChI is InChI=1S/C10H10F2OS/c11-8-2-1-3-9(4-8)14-7-10(12)5-13-6-10/h1-4H,5-7H2. The molecule has 0 aliphatic carbocycles. The summed E-state index contributed by atoms with van der Waals surface area (Å²) < 4.78 is 31.0. The molecule has 1 aromatic rings. The summed E-state index contributed by atoms with van der Waals surface area (Å²) in [6.45, 7) is 0.324. The minimum atomic E-state index is -1.21. The molecule has 1 fully saturated rings. The Kier molecular flexibility index (Phi) is 2.74. The van der Waals surface area contributed by atoms with Gasteiger partial charge in [0.15, 0.2) is 5.67 Å². The van der Waals surface area contributed by atoms with Gasteiger partial charge in [-0.15, -0.1) is 11.8 Å². The Morgan fingerprint density at radius 1 is 1.43 bits per heavy atom. The zero-order valence-corrected chi connectivity index (χ0v) is 8.32. The minimum absolute atomic E-state index is 0.162. The lowest BCUT2D eigenvalue weighted by Crippen LogP contribution is -2.47. The van der Waals surface area contributed by atoms with Gasteiger partial charge in [-0.05, 0) is 18.2 Å². The van der Waals surface area contributed by atoms with Crippen LogP contribution >= 0.6 is 11.8 Å². The van der Waals surface area contributed by atoms with Gasteiger partial charge >= 0.3 is 0 Å². The predicted octanol–water partition coefficient (Wildman–Crippen LogP) is 2.66. The minimum Gasteiger partial charge on any atom is -0.375 e. The molecule has 1 aliphatic heterocycles. The Hall–Kier alpha value is -0.610. The second kappa shape index (κ2) is 3.87. The van der Waals surface area contributed by atoms with Gasteiger partial charge in [0.2, 0.25) is 0 Å². The first-order chi connectivity index (χ1) is 6.68. The summed E-state index contributed by atoms with van der Waals surface area (Å²) in [5.41, 5.74) is -1.21. The van der Waals surface area contributed by atoms with E-state index in [0.29, 0.717) is 5.75 Å². The number of hydrogen-bond acceptors (Lipinski definition) is 2. The molecule has 1 aromatic carbocycles. The molecule has 0 bridgehead atoms. The molecular formula is C10H10F2OS. The number of rotatable bonds is 3. The maximum absolute atomic E-state index is 13.5. The van der Waals surface area contributed by atoms with Crippen LogP contribution in [0, 0.1) is 5.82 Å². The fourth-order valence-electron chi connectivity index (χ4n) is 1.18. The van der Waals surface area contributed by atoms with Crippen molar-refractivity contribution in [1.82, 2.24) is 0 Å². The largest absolute Gasteiger partial charge is 0.375 e. The van der Waals surface area contributed by atoms with Crippen LogP contribution in [0.25, 0.3) is 0 Å². The molecule has 0 aromatic heterocycles. The molecule has 0 unspecified atom stereocenters. The predicted molar refractivity (Wildman–Crippen MR) is 51.8 cm³/mol. The Balaban J connectivity index is 1.91. The molecule has 0 spiro atoms. The zero-order valence-electron chi connectivity index (χ0n) is 7.50. The van der Waals surface area contributed by atoms with E-state index in [1.165, 1.54) is 23.9 Å². The third-order valence-electron chi connectivity index (χ3n) is 2.02. The summed E-state index contributed by atoms with van der Waals surface area (Å²) in [5, 5.41) is 0. The van der Waals surface area contributed by atoms with E-state index in [9.17, 15) is 8.78 Å². The van der Waals surface area contributed by atoms with Crippen molar-refractivity contribution in [3.05, 3.63) is 30.1 Å². The van der Waals surface area contributed by atoms with E-state index in [0.717, 1.165) is 4.90 Å². The normalized spacial score (nSPS) is 19.0. The van der Waals surface area contributed by atoms with E-state index in [1.54, 1.807) is 12.1 Å². The molecule has 0 atom stereocenters. The maximum atomic E-state index is 13.5. The van der Waals surface area contributed by atoms with Crippen molar-refractivity contribution >= 4 is 11.8 Å². The third-order valence-corrected chi connectivity index (χ3v) is 3.26. The van der Waals surface area contributed by atoms with Crippen molar-refractivity contribution in [2.75, 3.05) is 19.0 Å². The molecule has 0 saturated carbocycles. The molecule has 1 aliphatic rings. The SMILES string of the molecule is Fc1cccc(SCC2(F)COC2)c1. The van der Waals surface area contributed by atoms with E-state index in [2.05, 4.69) is 0 Å². The summed E-state index contributed by atoms with van der Waals surface area (Å²) >= 11 is 1.32. The van der Waals surface area contributed by atoms with Crippen molar-refractivity contribution in [3.8, 4) is 0 Å². The highest BCUT2D eigenvalue weighted by molar-refractivity contribution is 7.99. The molecule has 0 N–H and O–H groups in total. The van der Waals surface area contributed by atoms with Gasteiger partial charge in [0.05, 0.1) is 13.2 Å².